The molecule has 0 bridgehead atoms. The Kier molecular flexibility index (Phi) is 52.9. The van der Waals surface area contributed by atoms with Crippen molar-refractivity contribution in [1.29, 1.82) is 0 Å². The summed E-state index contributed by atoms with van der Waals surface area (Å²) in [5.41, 5.74) is 21.3. The highest BCUT2D eigenvalue weighted by Crippen LogP contribution is 2.34. The highest BCUT2D eigenvalue weighted by Gasteiger charge is 2.23. The van der Waals surface area contributed by atoms with Gasteiger partial charge in [-0.3, -0.25) is 4.79 Å². The van der Waals surface area contributed by atoms with Crippen LogP contribution in [0.2, 0.25) is 0 Å². The van der Waals surface area contributed by atoms with Crippen LogP contribution in [-0.2, 0) is 81.4 Å². The summed E-state index contributed by atoms with van der Waals surface area (Å²) in [6.45, 7) is 54.5. The number of rotatable bonds is 35. The Bertz CT molecular complexity index is 4400. The number of hydrogen-bond donors (Lipinski definition) is 7. The van der Waals surface area contributed by atoms with E-state index in [0.29, 0.717) is 72.0 Å². The number of benzene rings is 8. The summed E-state index contributed by atoms with van der Waals surface area (Å²) in [6, 6.07) is 66.4. The molecule has 0 radical (unpaired) electrons. The third kappa shape index (κ3) is 47.5. The molecule has 0 aromatic heterocycles. The summed E-state index contributed by atoms with van der Waals surface area (Å²) in [6.07, 6.45) is 17.4. The molecule has 2 saturated carbocycles. The quantitative estimate of drug-likeness (QED) is 0.0190. The van der Waals surface area contributed by atoms with Crippen molar-refractivity contribution in [2.45, 2.75) is 324 Å². The Morgan fingerprint density at radius 3 is 1.06 bits per heavy atom. The zero-order chi connectivity index (χ0) is 96.5. The predicted octanol–water partition coefficient (Wildman–Crippen LogP) is 24.7. The van der Waals surface area contributed by atoms with Gasteiger partial charge in [-0.05, 0) is 257 Å². The molecule has 133 heavy (non-hydrogen) atoms. The van der Waals surface area contributed by atoms with E-state index in [9.17, 15) is 13.6 Å². The lowest BCUT2D eigenvalue weighted by Crippen LogP contribution is -2.45. The van der Waals surface area contributed by atoms with Crippen molar-refractivity contribution >= 4 is 5.91 Å². The van der Waals surface area contributed by atoms with Gasteiger partial charge in [0.05, 0.1) is 25.8 Å². The van der Waals surface area contributed by atoms with Crippen molar-refractivity contribution in [1.82, 2.24) is 47.0 Å². The topological polar surface area (TPSA) is 145 Å². The van der Waals surface area contributed by atoms with E-state index in [1.165, 1.54) is 117 Å². The normalized spacial score (nSPS) is 15.6. The lowest BCUT2D eigenvalue weighted by Gasteiger charge is -2.27. The largest absolute Gasteiger partial charge is 0.381 e. The number of ether oxygens (including phenoxy) is 4. The molecule has 14 rings (SSSR count). The number of carbonyl (C=O) groups is 1. The fourth-order valence-corrected chi connectivity index (χ4v) is 16.2. The average molecular weight is 1830 g/mol. The Labute approximate surface area is 806 Å². The van der Waals surface area contributed by atoms with Crippen LogP contribution >= 0.6 is 0 Å². The van der Waals surface area contributed by atoms with Crippen molar-refractivity contribution < 1.29 is 32.5 Å². The molecule has 4 aliphatic heterocycles. The molecule has 0 unspecified atom stereocenters. The van der Waals surface area contributed by atoms with E-state index in [-0.39, 0.29) is 23.0 Å². The minimum Gasteiger partial charge on any atom is -0.381 e. The molecule has 1 amide bonds. The Balaban J connectivity index is 0.000000208. The van der Waals surface area contributed by atoms with Gasteiger partial charge in [0, 0.05) is 131 Å². The molecule has 736 valence electrons. The van der Waals surface area contributed by atoms with Gasteiger partial charge in [-0.25, -0.2) is 8.78 Å². The van der Waals surface area contributed by atoms with Gasteiger partial charge in [0.15, 0.2) is 0 Å². The van der Waals surface area contributed by atoms with Crippen LogP contribution in [0.4, 0.5) is 8.78 Å². The third-order valence-corrected chi connectivity index (χ3v) is 25.8. The zero-order valence-electron chi connectivity index (χ0n) is 86.4. The maximum absolute atomic E-state index is 13.5. The molecule has 8 aromatic rings. The van der Waals surface area contributed by atoms with E-state index < -0.39 is 0 Å². The molecule has 14 nitrogen and oxygen atoms in total. The van der Waals surface area contributed by atoms with Gasteiger partial charge < -0.3 is 66.0 Å². The zero-order valence-corrected chi connectivity index (χ0v) is 86.4. The number of halogens is 2. The SMILES string of the molecule is CC(C)c1cc(F)cc(CCC2CC2)c1.CC(C)c1cc(F)cc(CNCC2CCOCC2)c1.CC(C)c1cccc(CNC2CCCC2)c1.CC(C)c1cccc(CNC2CCOCC2)c1.CC(C)c1cccc(CNC2CCOCC2)c1.CC(C)c1cccc(CNC2COC2)c1.CC(C)c1cccc(CNCC(=O)N(C)C)c1.CN(C)CCNCc1cccc(C(C)(C)C)c1. The van der Waals surface area contributed by atoms with Gasteiger partial charge >= 0.3 is 0 Å². The maximum Gasteiger partial charge on any atom is 0.236 e. The van der Waals surface area contributed by atoms with Gasteiger partial charge in [0.25, 0.3) is 0 Å². The fraction of sp³-hybridized carbons (Fsp3) is 0.581. The summed E-state index contributed by atoms with van der Waals surface area (Å²) in [5, 5.41) is 24.5. The number of nitrogens with zero attached hydrogens (tertiary/aromatic N) is 2. The number of amides is 1. The summed E-state index contributed by atoms with van der Waals surface area (Å²) in [7, 11) is 7.73. The minimum absolute atomic E-state index is 0.0769. The van der Waals surface area contributed by atoms with Crippen LogP contribution in [0.15, 0.2) is 182 Å². The average Bonchev–Trinajstić information content (AvgIpc) is 1.73. The van der Waals surface area contributed by atoms with Crippen molar-refractivity contribution in [3.8, 4) is 0 Å². The van der Waals surface area contributed by atoms with E-state index in [1.807, 2.05) is 0 Å². The van der Waals surface area contributed by atoms with Crippen LogP contribution in [-0.4, -0.2) is 147 Å². The van der Waals surface area contributed by atoms with Crippen LogP contribution in [0.3, 0.4) is 0 Å². The van der Waals surface area contributed by atoms with E-state index >= 15 is 0 Å². The first-order valence-electron chi connectivity index (χ1n) is 51.1. The molecule has 16 heteroatoms. The second-order valence-electron chi connectivity index (χ2n) is 41.6. The van der Waals surface area contributed by atoms with E-state index in [0.717, 1.165) is 192 Å². The monoisotopic (exact) mass is 1830 g/mol. The second kappa shape index (κ2) is 62.4. The first-order valence-corrected chi connectivity index (χ1v) is 51.1. The van der Waals surface area contributed by atoms with E-state index in [1.54, 1.807) is 43.3 Å². The van der Waals surface area contributed by atoms with E-state index in [2.05, 4.69) is 332 Å². The molecule has 4 saturated heterocycles. The molecule has 4 heterocycles. The van der Waals surface area contributed by atoms with Crippen molar-refractivity contribution in [3.63, 3.8) is 0 Å². The second-order valence-corrected chi connectivity index (χ2v) is 41.6. The Hall–Kier alpha value is -7.39. The van der Waals surface area contributed by atoms with Crippen LogP contribution in [0.5, 0.6) is 0 Å². The van der Waals surface area contributed by atoms with Crippen molar-refractivity contribution in [2.24, 2.45) is 11.8 Å². The van der Waals surface area contributed by atoms with Crippen molar-refractivity contribution in [3.05, 3.63) is 283 Å². The van der Waals surface area contributed by atoms with E-state index in [4.69, 9.17) is 18.9 Å². The maximum atomic E-state index is 13.5. The van der Waals surface area contributed by atoms with Crippen LogP contribution in [0.25, 0.3) is 0 Å². The number of likely N-dealkylation sites (N-methyl/N-ethyl adjacent to an activating group) is 2. The van der Waals surface area contributed by atoms with Crippen LogP contribution in [0.1, 0.15) is 332 Å². The van der Waals surface area contributed by atoms with Gasteiger partial charge in [-0.2, -0.15) is 0 Å². The number of nitrogens with one attached hydrogen (secondary N) is 7. The van der Waals surface area contributed by atoms with Crippen molar-refractivity contribution in [2.75, 3.05) is 107 Å². The Morgan fingerprint density at radius 1 is 0.353 bits per heavy atom. The van der Waals surface area contributed by atoms with Crippen LogP contribution < -0.4 is 37.2 Å². The smallest absolute Gasteiger partial charge is 0.236 e. The molecular weight excluding hydrogens is 1650 g/mol. The predicted molar refractivity (Wildman–Crippen MR) is 558 cm³/mol. The van der Waals surface area contributed by atoms with Gasteiger partial charge in [0.2, 0.25) is 5.91 Å². The first-order chi connectivity index (χ1) is 63.7. The minimum atomic E-state index is -0.130. The first kappa shape index (κ1) is 113. The number of hydrogen-bond acceptors (Lipinski definition) is 13. The number of carbonyl (C=O) groups excluding carboxylic acids is 1. The lowest BCUT2D eigenvalue weighted by atomic mass is 9.86. The summed E-state index contributed by atoms with van der Waals surface area (Å²) >= 11 is 0. The summed E-state index contributed by atoms with van der Waals surface area (Å²) in [4.78, 5) is 15.2. The van der Waals surface area contributed by atoms with Gasteiger partial charge in [-0.15, -0.1) is 0 Å². The molecule has 8 aromatic carbocycles. The molecule has 2 aliphatic carbocycles. The van der Waals surface area contributed by atoms with Crippen LogP contribution in [0, 0.1) is 23.5 Å². The molecule has 7 N–H and O–H groups in total. The Morgan fingerprint density at radius 2 is 0.692 bits per heavy atom. The molecule has 6 aliphatic rings. The lowest BCUT2D eigenvalue weighted by molar-refractivity contribution is -0.127. The highest BCUT2D eigenvalue weighted by atomic mass is 19.1. The molecular formula is C117H179F2N9O5. The number of aryl methyl sites for hydroxylation is 1. The van der Waals surface area contributed by atoms with Gasteiger partial charge in [0.1, 0.15) is 11.6 Å². The fourth-order valence-electron chi connectivity index (χ4n) is 16.2. The van der Waals surface area contributed by atoms with Gasteiger partial charge in [-0.1, -0.05) is 301 Å². The third-order valence-electron chi connectivity index (χ3n) is 25.8. The standard InChI is InChI=1S/C16H24FNO.C15H26N2.2C15H23NO.C15H23N.C14H19F.C14H22N2O.C13H19NO/c1-12(2)15-7-14(8-16(17)9-15)11-18-10-13-3-5-19-6-4-13;1-15(2,3)14-8-6-7-13(11-14)12-16-9-10-17(4)5;2*1-12(2)14-5-3-4-13(10-14)11-16-15-6-8-17-9-7-15;1-12(2)14-7-5-6-13(10-14)11-16-15-8-3-4-9-15;1-10(2)13-7-12(8-14(15)9-13)6-5-11-3-4-11;1-11(2)13-7-5-6-12(8-13)9-15-10-14(17)16(3)4;1-10(2)12-5-3-4-11(6-12)7-14-13-8-15-9-13/h7-9,12-13,18H,3-6,10-11H2,1-2H3;6-8,11,16H,9-10,12H2,1-5H3;2*3-5,10,12,15-16H,6-9,11H2,1-2H3;5-7,10,12,15-16H,3-4,8-9,11H2,1-2H3;7-11H,3-6H2,1-2H3;5-8,11,15H,9-10H2,1-4H3;3-6,10,13-14H,7-9H2,1-2H3. The molecule has 0 atom stereocenters. The molecule has 0 spiro atoms. The summed E-state index contributed by atoms with van der Waals surface area (Å²) < 4.78 is 48.0. The highest BCUT2D eigenvalue weighted by molar-refractivity contribution is 5.77. The molecule has 6 fully saturated rings. The summed E-state index contributed by atoms with van der Waals surface area (Å²) in [5.74, 6) is 5.30.